The van der Waals surface area contributed by atoms with E-state index < -0.39 is 0 Å². The summed E-state index contributed by atoms with van der Waals surface area (Å²) in [6.07, 6.45) is 8.45. The summed E-state index contributed by atoms with van der Waals surface area (Å²) in [5.41, 5.74) is 1.15. The topological polar surface area (TPSA) is 29.9 Å². The lowest BCUT2D eigenvalue weighted by Gasteiger charge is -2.31. The molecule has 0 aromatic carbocycles. The van der Waals surface area contributed by atoms with Crippen LogP contribution in [0, 0.1) is 5.92 Å². The highest BCUT2D eigenvalue weighted by Crippen LogP contribution is 2.36. The monoisotopic (exact) mass is 255 g/mol. The summed E-state index contributed by atoms with van der Waals surface area (Å²) in [6.45, 7) is 3.13. The van der Waals surface area contributed by atoms with Gasteiger partial charge in [-0.3, -0.25) is 4.68 Å². The van der Waals surface area contributed by atoms with Crippen LogP contribution in [0.4, 0.5) is 0 Å². The summed E-state index contributed by atoms with van der Waals surface area (Å²) in [7, 11) is 1.98. The first-order valence-electron chi connectivity index (χ1n) is 6.64. The Morgan fingerprint density at radius 1 is 1.47 bits per heavy atom. The van der Waals surface area contributed by atoms with Crippen LogP contribution in [0.5, 0.6) is 0 Å². The second kappa shape index (κ2) is 5.87. The fraction of sp³-hybridized carbons (Fsp3) is 0.769. The van der Waals surface area contributed by atoms with E-state index in [0.29, 0.717) is 12.0 Å². The molecule has 0 amide bonds. The standard InChI is InChI=1S/C13H22ClN3/c1-3-15-12(10-7-5-4-6-8-10)13-11(14)9-16-17(13)2/h9-10,12,15H,3-8H2,1-2H3. The number of hydrogen-bond acceptors (Lipinski definition) is 2. The summed E-state index contributed by atoms with van der Waals surface area (Å²) < 4.78 is 1.92. The molecule has 1 heterocycles. The van der Waals surface area contributed by atoms with E-state index in [1.54, 1.807) is 6.20 Å². The first kappa shape index (κ1) is 12.9. The molecule has 1 unspecified atom stereocenters. The summed E-state index contributed by atoms with van der Waals surface area (Å²) in [4.78, 5) is 0. The van der Waals surface area contributed by atoms with Crippen molar-refractivity contribution in [3.8, 4) is 0 Å². The van der Waals surface area contributed by atoms with Gasteiger partial charge in [-0.25, -0.2) is 0 Å². The smallest absolute Gasteiger partial charge is 0.0834 e. The van der Waals surface area contributed by atoms with Crippen LogP contribution in [0.3, 0.4) is 0 Å². The molecular weight excluding hydrogens is 234 g/mol. The molecule has 1 fully saturated rings. The van der Waals surface area contributed by atoms with E-state index in [2.05, 4.69) is 17.3 Å². The third-order valence-corrected chi connectivity index (χ3v) is 4.07. The van der Waals surface area contributed by atoms with Crippen LogP contribution in [0.2, 0.25) is 5.02 Å². The molecule has 1 saturated carbocycles. The van der Waals surface area contributed by atoms with Crippen LogP contribution in [0.1, 0.15) is 50.8 Å². The van der Waals surface area contributed by atoms with Gasteiger partial charge in [-0.15, -0.1) is 0 Å². The van der Waals surface area contributed by atoms with E-state index in [0.717, 1.165) is 17.3 Å². The Hall–Kier alpha value is -0.540. The highest BCUT2D eigenvalue weighted by Gasteiger charge is 2.28. The molecule has 4 heteroatoms. The molecule has 0 saturated heterocycles. The quantitative estimate of drug-likeness (QED) is 0.895. The van der Waals surface area contributed by atoms with Gasteiger partial charge in [0.05, 0.1) is 23.0 Å². The van der Waals surface area contributed by atoms with Crippen molar-refractivity contribution >= 4 is 11.6 Å². The summed E-state index contributed by atoms with van der Waals surface area (Å²) in [5, 5.41) is 8.65. The van der Waals surface area contributed by atoms with Crippen LogP contribution in [-0.2, 0) is 7.05 Å². The minimum atomic E-state index is 0.361. The molecule has 0 aliphatic heterocycles. The number of halogens is 1. The van der Waals surface area contributed by atoms with E-state index in [1.807, 2.05) is 11.7 Å². The van der Waals surface area contributed by atoms with Gasteiger partial charge in [-0.2, -0.15) is 5.10 Å². The molecule has 17 heavy (non-hydrogen) atoms. The van der Waals surface area contributed by atoms with Crippen molar-refractivity contribution in [3.63, 3.8) is 0 Å². The van der Waals surface area contributed by atoms with Gasteiger partial charge in [-0.1, -0.05) is 37.8 Å². The molecule has 1 N–H and O–H groups in total. The minimum Gasteiger partial charge on any atom is -0.309 e. The number of hydrogen-bond donors (Lipinski definition) is 1. The first-order chi connectivity index (χ1) is 8.24. The minimum absolute atomic E-state index is 0.361. The van der Waals surface area contributed by atoms with Crippen LogP contribution in [0.25, 0.3) is 0 Å². The summed E-state index contributed by atoms with van der Waals surface area (Å²) >= 11 is 6.27. The van der Waals surface area contributed by atoms with Crippen LogP contribution >= 0.6 is 11.6 Å². The van der Waals surface area contributed by atoms with E-state index >= 15 is 0 Å². The predicted molar refractivity (Wildman–Crippen MR) is 71.2 cm³/mol. The van der Waals surface area contributed by atoms with Gasteiger partial charge in [0.25, 0.3) is 0 Å². The average Bonchev–Trinajstić information content (AvgIpc) is 2.68. The van der Waals surface area contributed by atoms with Crippen LogP contribution in [-0.4, -0.2) is 16.3 Å². The molecule has 0 radical (unpaired) electrons. The fourth-order valence-corrected chi connectivity index (χ4v) is 3.23. The molecule has 0 bridgehead atoms. The predicted octanol–water partition coefficient (Wildman–Crippen LogP) is 3.30. The summed E-state index contributed by atoms with van der Waals surface area (Å²) in [6, 6.07) is 0.361. The van der Waals surface area contributed by atoms with E-state index in [1.165, 1.54) is 32.1 Å². The normalized spacial score (nSPS) is 19.5. The SMILES string of the molecule is CCNC(c1c(Cl)cnn1C)C1CCCCC1. The highest BCUT2D eigenvalue weighted by molar-refractivity contribution is 6.31. The van der Waals surface area contributed by atoms with Gasteiger partial charge in [-0.05, 0) is 25.3 Å². The molecular formula is C13H22ClN3. The fourth-order valence-electron chi connectivity index (χ4n) is 2.94. The molecule has 1 aliphatic rings. The van der Waals surface area contributed by atoms with Crippen LogP contribution in [0.15, 0.2) is 6.20 Å². The Morgan fingerprint density at radius 3 is 2.71 bits per heavy atom. The second-order valence-electron chi connectivity index (χ2n) is 4.93. The lowest BCUT2D eigenvalue weighted by Crippen LogP contribution is -2.31. The molecule has 96 valence electrons. The van der Waals surface area contributed by atoms with Crippen molar-refractivity contribution < 1.29 is 0 Å². The number of aromatic nitrogens is 2. The zero-order valence-electron chi connectivity index (χ0n) is 10.7. The van der Waals surface area contributed by atoms with E-state index in [9.17, 15) is 0 Å². The van der Waals surface area contributed by atoms with Gasteiger partial charge in [0, 0.05) is 7.05 Å². The maximum absolute atomic E-state index is 6.27. The zero-order valence-corrected chi connectivity index (χ0v) is 11.5. The molecule has 3 nitrogen and oxygen atoms in total. The number of aryl methyl sites for hydroxylation is 1. The molecule has 1 aromatic heterocycles. The molecule has 1 aliphatic carbocycles. The van der Waals surface area contributed by atoms with Gasteiger partial charge >= 0.3 is 0 Å². The van der Waals surface area contributed by atoms with Crippen molar-refractivity contribution in [1.29, 1.82) is 0 Å². The Bertz CT molecular complexity index is 336. The van der Waals surface area contributed by atoms with E-state index in [4.69, 9.17) is 11.6 Å². The third kappa shape index (κ3) is 2.83. The lowest BCUT2D eigenvalue weighted by molar-refractivity contribution is 0.266. The maximum Gasteiger partial charge on any atom is 0.0834 e. The van der Waals surface area contributed by atoms with Crippen molar-refractivity contribution in [3.05, 3.63) is 16.9 Å². The summed E-state index contributed by atoms with van der Waals surface area (Å²) in [5.74, 6) is 0.705. The molecule has 1 atom stereocenters. The largest absolute Gasteiger partial charge is 0.309 e. The van der Waals surface area contributed by atoms with Crippen molar-refractivity contribution in [1.82, 2.24) is 15.1 Å². The zero-order chi connectivity index (χ0) is 12.3. The van der Waals surface area contributed by atoms with E-state index in [-0.39, 0.29) is 0 Å². The highest BCUT2D eigenvalue weighted by atomic mass is 35.5. The maximum atomic E-state index is 6.27. The van der Waals surface area contributed by atoms with Crippen molar-refractivity contribution in [2.75, 3.05) is 6.54 Å². The Morgan fingerprint density at radius 2 is 2.18 bits per heavy atom. The Labute approximate surface area is 109 Å². The first-order valence-corrected chi connectivity index (χ1v) is 7.02. The van der Waals surface area contributed by atoms with Crippen molar-refractivity contribution in [2.45, 2.75) is 45.1 Å². The average molecular weight is 256 g/mol. The molecule has 1 aromatic rings. The number of nitrogens with one attached hydrogen (secondary N) is 1. The molecule has 0 spiro atoms. The van der Waals surface area contributed by atoms with Gasteiger partial charge in [0.15, 0.2) is 0 Å². The van der Waals surface area contributed by atoms with Gasteiger partial charge in [0.2, 0.25) is 0 Å². The Balaban J connectivity index is 2.21. The second-order valence-corrected chi connectivity index (χ2v) is 5.34. The molecule has 2 rings (SSSR count). The number of rotatable bonds is 4. The Kier molecular flexibility index (Phi) is 4.46. The lowest BCUT2D eigenvalue weighted by atomic mass is 9.82. The van der Waals surface area contributed by atoms with Crippen LogP contribution < -0.4 is 5.32 Å². The van der Waals surface area contributed by atoms with Crippen molar-refractivity contribution in [2.24, 2.45) is 13.0 Å². The van der Waals surface area contributed by atoms with Gasteiger partial charge < -0.3 is 5.32 Å². The van der Waals surface area contributed by atoms with Gasteiger partial charge in [0.1, 0.15) is 0 Å². The third-order valence-electron chi connectivity index (χ3n) is 3.78. The number of nitrogens with zero attached hydrogens (tertiary/aromatic N) is 2.